The summed E-state index contributed by atoms with van der Waals surface area (Å²) >= 11 is 0. The lowest BCUT2D eigenvalue weighted by Gasteiger charge is -2.28. The van der Waals surface area contributed by atoms with Gasteiger partial charge in [-0.1, -0.05) is 25.0 Å². The number of ether oxygens (including phenoxy) is 1. The molecule has 0 radical (unpaired) electrons. The topological polar surface area (TPSA) is 126 Å². The number of rotatable bonds is 9. The first-order valence-corrected chi connectivity index (χ1v) is 12.2. The summed E-state index contributed by atoms with van der Waals surface area (Å²) in [4.78, 5) is 35.1. The third kappa shape index (κ3) is 5.90. The summed E-state index contributed by atoms with van der Waals surface area (Å²) in [7, 11) is 0. The molecular weight excluding hydrogens is 450 g/mol. The zero-order valence-electron chi connectivity index (χ0n) is 20.5. The number of carboxylic acid groups (broad SMARTS) is 1. The third-order valence-corrected chi connectivity index (χ3v) is 6.02. The van der Waals surface area contributed by atoms with Gasteiger partial charge in [-0.05, 0) is 45.7 Å². The lowest BCUT2D eigenvalue weighted by Crippen LogP contribution is -2.41. The molecule has 2 aromatic heterocycles. The van der Waals surface area contributed by atoms with E-state index in [0.29, 0.717) is 41.2 Å². The predicted molar refractivity (Wildman–Crippen MR) is 131 cm³/mol. The van der Waals surface area contributed by atoms with E-state index in [1.165, 1.54) is 0 Å². The van der Waals surface area contributed by atoms with Crippen LogP contribution in [0.3, 0.4) is 0 Å². The summed E-state index contributed by atoms with van der Waals surface area (Å²) in [5, 5.41) is 20.1. The van der Waals surface area contributed by atoms with E-state index in [2.05, 4.69) is 0 Å². The number of carbonyl (C=O) groups is 2. The Morgan fingerprint density at radius 2 is 1.89 bits per heavy atom. The number of fused-ring (bicyclic) bond motifs is 3. The van der Waals surface area contributed by atoms with Crippen molar-refractivity contribution in [3.05, 3.63) is 30.1 Å². The van der Waals surface area contributed by atoms with Crippen LogP contribution in [-0.4, -0.2) is 56.4 Å². The van der Waals surface area contributed by atoms with Gasteiger partial charge >= 0.3 is 11.9 Å². The number of aliphatic carboxylic acids is 1. The number of unbranched alkanes of at least 4 members (excludes halogenated alkanes) is 3. The number of para-hydroxylation sites is 1. The molecule has 4 rings (SSSR count). The van der Waals surface area contributed by atoms with Crippen LogP contribution in [0.5, 0.6) is 0 Å². The second-order valence-corrected chi connectivity index (χ2v) is 10.1. The van der Waals surface area contributed by atoms with Crippen LogP contribution in [0.4, 0.5) is 5.82 Å². The summed E-state index contributed by atoms with van der Waals surface area (Å²) in [6.45, 7) is 5.69. The van der Waals surface area contributed by atoms with Gasteiger partial charge in [0.1, 0.15) is 28.6 Å². The molecule has 35 heavy (non-hydrogen) atoms. The maximum atomic E-state index is 13.0. The van der Waals surface area contributed by atoms with Gasteiger partial charge in [0, 0.05) is 31.2 Å². The summed E-state index contributed by atoms with van der Waals surface area (Å²) in [5.41, 5.74) is 1.19. The largest absolute Gasteiger partial charge is 0.481 e. The SMILES string of the molecule is CC(C)(C)OC(=O)[C@@H]1C[C@H](O)CN1c1nc(CCCCCCC(=O)O)nc2c1oc1ccccc12. The van der Waals surface area contributed by atoms with E-state index in [-0.39, 0.29) is 19.4 Å². The standard InChI is InChI=1S/C26H33N3O6/c1-26(2,3)35-25(33)18-14-16(30)15-29(18)24-23-22(17-10-8-9-11-19(17)34-23)27-20(28-24)12-6-4-5-7-13-21(31)32/h8-11,16,18,30H,4-7,12-15H2,1-3H3,(H,31,32)/t16-,18-/m0/s1. The Labute approximate surface area is 204 Å². The highest BCUT2D eigenvalue weighted by Gasteiger charge is 2.41. The number of aromatic nitrogens is 2. The first-order valence-electron chi connectivity index (χ1n) is 12.2. The number of aliphatic hydroxyl groups excluding tert-OH is 1. The minimum Gasteiger partial charge on any atom is -0.481 e. The molecule has 9 heteroatoms. The molecule has 0 bridgehead atoms. The fourth-order valence-electron chi connectivity index (χ4n) is 4.48. The lowest BCUT2D eigenvalue weighted by atomic mass is 10.1. The second kappa shape index (κ2) is 10.2. The van der Waals surface area contributed by atoms with Crippen molar-refractivity contribution in [1.29, 1.82) is 0 Å². The van der Waals surface area contributed by atoms with Gasteiger partial charge in [0.25, 0.3) is 0 Å². The molecule has 0 amide bonds. The van der Waals surface area contributed by atoms with Crippen molar-refractivity contribution < 1.29 is 29.0 Å². The minimum atomic E-state index is -0.775. The Bertz CT molecular complexity index is 1210. The Morgan fingerprint density at radius 1 is 1.14 bits per heavy atom. The fourth-order valence-corrected chi connectivity index (χ4v) is 4.48. The van der Waals surface area contributed by atoms with Crippen LogP contribution in [0, 0.1) is 0 Å². The molecule has 1 saturated heterocycles. The van der Waals surface area contributed by atoms with Crippen LogP contribution in [0.25, 0.3) is 22.1 Å². The summed E-state index contributed by atoms with van der Waals surface area (Å²) in [5.74, 6) is -0.0689. The first kappa shape index (κ1) is 24.9. The van der Waals surface area contributed by atoms with Crippen molar-refractivity contribution in [2.45, 2.75) is 83.5 Å². The fraction of sp³-hybridized carbons (Fsp3) is 0.538. The Morgan fingerprint density at radius 3 is 2.63 bits per heavy atom. The summed E-state index contributed by atoms with van der Waals surface area (Å²) < 4.78 is 11.8. The number of carboxylic acids is 1. The van der Waals surface area contributed by atoms with Crippen LogP contribution in [-0.2, 0) is 20.7 Å². The van der Waals surface area contributed by atoms with Gasteiger partial charge in [-0.25, -0.2) is 14.8 Å². The molecule has 9 nitrogen and oxygen atoms in total. The van der Waals surface area contributed by atoms with Crippen molar-refractivity contribution in [1.82, 2.24) is 9.97 Å². The number of hydrogen-bond acceptors (Lipinski definition) is 8. The van der Waals surface area contributed by atoms with E-state index in [1.54, 1.807) is 4.90 Å². The van der Waals surface area contributed by atoms with Crippen LogP contribution in [0.15, 0.2) is 28.7 Å². The second-order valence-electron chi connectivity index (χ2n) is 10.1. The smallest absolute Gasteiger partial charge is 0.329 e. The van der Waals surface area contributed by atoms with Gasteiger partial charge in [0.2, 0.25) is 0 Å². The number of hydrogen-bond donors (Lipinski definition) is 2. The highest BCUT2D eigenvalue weighted by molar-refractivity contribution is 6.06. The number of β-amino-alcohol motifs (C(OH)–C–C–N with tert-alkyl or cyclic N) is 1. The molecule has 2 atom stereocenters. The molecule has 1 aliphatic rings. The van der Waals surface area contributed by atoms with E-state index in [1.807, 2.05) is 45.0 Å². The van der Waals surface area contributed by atoms with Crippen LogP contribution in [0.2, 0.25) is 0 Å². The predicted octanol–water partition coefficient (Wildman–Crippen LogP) is 4.23. The Kier molecular flexibility index (Phi) is 7.25. The van der Waals surface area contributed by atoms with E-state index < -0.39 is 29.7 Å². The molecule has 3 heterocycles. The van der Waals surface area contributed by atoms with Gasteiger partial charge in [0.15, 0.2) is 11.4 Å². The Balaban J connectivity index is 1.66. The molecule has 0 spiro atoms. The van der Waals surface area contributed by atoms with Crippen molar-refractivity contribution in [3.63, 3.8) is 0 Å². The van der Waals surface area contributed by atoms with E-state index in [4.69, 9.17) is 24.2 Å². The molecule has 1 fully saturated rings. The quantitative estimate of drug-likeness (QED) is 0.339. The van der Waals surface area contributed by atoms with Crippen LogP contribution < -0.4 is 4.90 Å². The number of carbonyl (C=O) groups excluding carboxylic acids is 1. The zero-order valence-corrected chi connectivity index (χ0v) is 20.5. The third-order valence-electron chi connectivity index (χ3n) is 6.02. The van der Waals surface area contributed by atoms with Gasteiger partial charge in [-0.3, -0.25) is 4.79 Å². The van der Waals surface area contributed by atoms with E-state index in [9.17, 15) is 14.7 Å². The first-order chi connectivity index (χ1) is 16.6. The normalized spacial score (nSPS) is 18.5. The minimum absolute atomic E-state index is 0.178. The van der Waals surface area contributed by atoms with Gasteiger partial charge in [0.05, 0.1) is 6.10 Å². The van der Waals surface area contributed by atoms with Gasteiger partial charge in [-0.2, -0.15) is 0 Å². The van der Waals surface area contributed by atoms with E-state index in [0.717, 1.165) is 24.6 Å². The number of esters is 1. The monoisotopic (exact) mass is 483 g/mol. The maximum absolute atomic E-state index is 13.0. The average molecular weight is 484 g/mol. The summed E-state index contributed by atoms with van der Waals surface area (Å²) in [6, 6.07) is 6.94. The average Bonchev–Trinajstić information content (AvgIpc) is 3.35. The van der Waals surface area contributed by atoms with Crippen LogP contribution in [0.1, 0.15) is 65.1 Å². The highest BCUT2D eigenvalue weighted by Crippen LogP contribution is 2.36. The number of aryl methyl sites for hydroxylation is 1. The molecule has 0 saturated carbocycles. The number of furan rings is 1. The number of nitrogens with zero attached hydrogens (tertiary/aromatic N) is 3. The molecule has 1 aromatic carbocycles. The van der Waals surface area contributed by atoms with Crippen molar-refractivity contribution in [2.75, 3.05) is 11.4 Å². The molecule has 0 aliphatic carbocycles. The van der Waals surface area contributed by atoms with Crippen molar-refractivity contribution in [3.8, 4) is 0 Å². The highest BCUT2D eigenvalue weighted by atomic mass is 16.6. The number of anilines is 1. The molecule has 2 N–H and O–H groups in total. The molecule has 188 valence electrons. The molecule has 1 aliphatic heterocycles. The van der Waals surface area contributed by atoms with Gasteiger partial charge < -0.3 is 24.3 Å². The molecule has 3 aromatic rings. The Hall–Kier alpha value is -3.20. The molecule has 0 unspecified atom stereocenters. The van der Waals surface area contributed by atoms with E-state index >= 15 is 0 Å². The zero-order chi connectivity index (χ0) is 25.2. The van der Waals surface area contributed by atoms with Crippen molar-refractivity contribution in [2.24, 2.45) is 0 Å². The van der Waals surface area contributed by atoms with Crippen LogP contribution >= 0.6 is 0 Å². The number of aliphatic hydroxyl groups is 1. The lowest BCUT2D eigenvalue weighted by molar-refractivity contribution is -0.156. The van der Waals surface area contributed by atoms with Gasteiger partial charge in [-0.15, -0.1) is 0 Å². The number of benzene rings is 1. The summed E-state index contributed by atoms with van der Waals surface area (Å²) in [6.07, 6.45) is 3.52. The molecular formula is C26H33N3O6. The maximum Gasteiger partial charge on any atom is 0.329 e. The van der Waals surface area contributed by atoms with Crippen molar-refractivity contribution >= 4 is 39.8 Å².